The summed E-state index contributed by atoms with van der Waals surface area (Å²) in [7, 11) is 0. The minimum atomic E-state index is 0.00539. The maximum absolute atomic E-state index is 13.3. The standard InChI is InChI=1S/C22H25N3OS/c1-14(2)16-7-9-17(10-8-16)18-13-27-21-19(18)22(26)25(12-6-5-11-23)20(24-21)15(3)4/h7-10,13-15H,5-6,12H2,1-4H3. The molecule has 2 heterocycles. The third kappa shape index (κ3) is 3.81. The second-order valence-electron chi connectivity index (χ2n) is 7.45. The van der Waals surface area contributed by atoms with Gasteiger partial charge in [-0.3, -0.25) is 9.36 Å². The van der Waals surface area contributed by atoms with Gasteiger partial charge in [-0.05, 0) is 23.5 Å². The molecule has 0 bridgehead atoms. The van der Waals surface area contributed by atoms with Crippen LogP contribution < -0.4 is 5.56 Å². The molecule has 2 aromatic heterocycles. The Labute approximate surface area is 164 Å². The fraction of sp³-hybridized carbons (Fsp3) is 0.409. The molecule has 0 atom stereocenters. The van der Waals surface area contributed by atoms with E-state index < -0.39 is 0 Å². The van der Waals surface area contributed by atoms with E-state index in [1.54, 1.807) is 4.57 Å². The van der Waals surface area contributed by atoms with E-state index in [4.69, 9.17) is 10.2 Å². The molecule has 140 valence electrons. The van der Waals surface area contributed by atoms with E-state index in [2.05, 4.69) is 44.2 Å². The maximum Gasteiger partial charge on any atom is 0.262 e. The van der Waals surface area contributed by atoms with E-state index in [0.717, 1.165) is 21.8 Å². The molecule has 27 heavy (non-hydrogen) atoms. The largest absolute Gasteiger partial charge is 0.296 e. The molecule has 0 aliphatic heterocycles. The lowest BCUT2D eigenvalue weighted by molar-refractivity contribution is 0.568. The molecule has 0 amide bonds. The molecule has 0 N–H and O–H groups in total. The monoisotopic (exact) mass is 379 g/mol. The van der Waals surface area contributed by atoms with Gasteiger partial charge in [-0.25, -0.2) is 4.98 Å². The van der Waals surface area contributed by atoms with Crippen LogP contribution in [-0.2, 0) is 6.54 Å². The summed E-state index contributed by atoms with van der Waals surface area (Å²) in [6.45, 7) is 8.98. The van der Waals surface area contributed by atoms with E-state index in [-0.39, 0.29) is 11.5 Å². The molecule has 3 rings (SSSR count). The molecule has 0 saturated heterocycles. The third-order valence-corrected chi connectivity index (χ3v) is 5.67. The lowest BCUT2D eigenvalue weighted by Gasteiger charge is -2.15. The number of nitrogens with zero attached hydrogens (tertiary/aromatic N) is 3. The molecule has 3 aromatic rings. The van der Waals surface area contributed by atoms with E-state index in [1.807, 2.05) is 19.2 Å². The van der Waals surface area contributed by atoms with E-state index in [0.29, 0.717) is 30.7 Å². The van der Waals surface area contributed by atoms with Crippen molar-refractivity contribution in [3.8, 4) is 17.2 Å². The fourth-order valence-corrected chi connectivity index (χ4v) is 4.22. The minimum Gasteiger partial charge on any atom is -0.296 e. The lowest BCUT2D eigenvalue weighted by atomic mass is 9.99. The number of fused-ring (bicyclic) bond motifs is 1. The Bertz CT molecular complexity index is 1040. The first-order valence-electron chi connectivity index (χ1n) is 9.43. The van der Waals surface area contributed by atoms with Crippen LogP contribution in [0.3, 0.4) is 0 Å². The number of thiophene rings is 1. The number of rotatable bonds is 6. The number of hydrogen-bond acceptors (Lipinski definition) is 4. The van der Waals surface area contributed by atoms with Gasteiger partial charge in [-0.2, -0.15) is 5.26 Å². The molecule has 0 aliphatic rings. The quantitative estimate of drug-likeness (QED) is 0.518. The predicted octanol–water partition coefficient (Wildman–Crippen LogP) is 5.68. The molecule has 0 aliphatic carbocycles. The average Bonchev–Trinajstić information content (AvgIpc) is 3.07. The Balaban J connectivity index is 2.15. The summed E-state index contributed by atoms with van der Waals surface area (Å²) in [5, 5.41) is 11.6. The van der Waals surface area contributed by atoms with Crippen LogP contribution in [0.1, 0.15) is 63.8 Å². The number of nitriles is 1. The number of hydrogen-bond donors (Lipinski definition) is 0. The van der Waals surface area contributed by atoms with E-state index in [9.17, 15) is 4.79 Å². The van der Waals surface area contributed by atoms with E-state index >= 15 is 0 Å². The average molecular weight is 380 g/mol. The second-order valence-corrected chi connectivity index (χ2v) is 8.31. The van der Waals surface area contributed by atoms with Crippen molar-refractivity contribution in [3.63, 3.8) is 0 Å². The summed E-state index contributed by atoms with van der Waals surface area (Å²) in [6, 6.07) is 10.6. The van der Waals surface area contributed by atoms with Crippen molar-refractivity contribution >= 4 is 21.6 Å². The van der Waals surface area contributed by atoms with Crippen LogP contribution in [-0.4, -0.2) is 9.55 Å². The smallest absolute Gasteiger partial charge is 0.262 e. The number of unbranched alkanes of at least 4 members (excludes halogenated alkanes) is 1. The van der Waals surface area contributed by atoms with Gasteiger partial charge in [0.1, 0.15) is 10.7 Å². The van der Waals surface area contributed by atoms with Crippen LogP contribution in [0.2, 0.25) is 0 Å². The first kappa shape index (κ1) is 19.3. The Morgan fingerprint density at radius 2 is 1.85 bits per heavy atom. The lowest BCUT2D eigenvalue weighted by Crippen LogP contribution is -2.26. The molecule has 1 aromatic carbocycles. The molecular formula is C22H25N3OS. The van der Waals surface area contributed by atoms with Crippen LogP contribution in [0.25, 0.3) is 21.3 Å². The van der Waals surface area contributed by atoms with Crippen molar-refractivity contribution in [2.75, 3.05) is 0 Å². The zero-order chi connectivity index (χ0) is 19.6. The van der Waals surface area contributed by atoms with Crippen molar-refractivity contribution < 1.29 is 0 Å². The Morgan fingerprint density at radius 1 is 1.15 bits per heavy atom. The Kier molecular flexibility index (Phi) is 5.76. The van der Waals surface area contributed by atoms with Crippen LogP contribution in [0.5, 0.6) is 0 Å². The number of benzene rings is 1. The van der Waals surface area contributed by atoms with Gasteiger partial charge in [0.05, 0.1) is 11.5 Å². The van der Waals surface area contributed by atoms with Crippen molar-refractivity contribution in [3.05, 3.63) is 51.4 Å². The SMILES string of the molecule is CC(C)c1ccc(-c2csc3nc(C(C)C)n(CCCC#N)c(=O)c23)cc1. The molecule has 4 nitrogen and oxygen atoms in total. The predicted molar refractivity (Wildman–Crippen MR) is 112 cm³/mol. The highest BCUT2D eigenvalue weighted by atomic mass is 32.1. The molecule has 0 radical (unpaired) electrons. The highest BCUT2D eigenvalue weighted by Gasteiger charge is 2.18. The highest BCUT2D eigenvalue weighted by molar-refractivity contribution is 7.17. The normalized spacial score (nSPS) is 11.4. The first-order valence-corrected chi connectivity index (χ1v) is 10.3. The topological polar surface area (TPSA) is 58.7 Å². The van der Waals surface area contributed by atoms with E-state index in [1.165, 1.54) is 16.9 Å². The summed E-state index contributed by atoms with van der Waals surface area (Å²) in [5.74, 6) is 1.43. The van der Waals surface area contributed by atoms with Crippen molar-refractivity contribution in [1.29, 1.82) is 5.26 Å². The molecule has 0 fully saturated rings. The van der Waals surface area contributed by atoms with Crippen molar-refractivity contribution in [1.82, 2.24) is 9.55 Å². The Hall–Kier alpha value is -2.45. The molecule has 0 spiro atoms. The molecular weight excluding hydrogens is 354 g/mol. The van der Waals surface area contributed by atoms with Crippen LogP contribution in [0, 0.1) is 11.3 Å². The van der Waals surface area contributed by atoms with Crippen LogP contribution >= 0.6 is 11.3 Å². The first-order chi connectivity index (χ1) is 12.9. The zero-order valence-corrected chi connectivity index (χ0v) is 17.1. The highest BCUT2D eigenvalue weighted by Crippen LogP contribution is 2.32. The molecule has 0 unspecified atom stereocenters. The zero-order valence-electron chi connectivity index (χ0n) is 16.3. The van der Waals surface area contributed by atoms with Gasteiger partial charge in [0, 0.05) is 29.8 Å². The summed E-state index contributed by atoms with van der Waals surface area (Å²) in [4.78, 5) is 18.9. The van der Waals surface area contributed by atoms with Gasteiger partial charge in [0.25, 0.3) is 5.56 Å². The number of aromatic nitrogens is 2. The fourth-order valence-electron chi connectivity index (χ4n) is 3.27. The van der Waals surface area contributed by atoms with Gasteiger partial charge in [0.2, 0.25) is 0 Å². The summed E-state index contributed by atoms with van der Waals surface area (Å²) in [6.07, 6.45) is 1.10. The summed E-state index contributed by atoms with van der Waals surface area (Å²) < 4.78 is 1.77. The van der Waals surface area contributed by atoms with Crippen LogP contribution in [0.4, 0.5) is 0 Å². The Morgan fingerprint density at radius 3 is 2.44 bits per heavy atom. The third-order valence-electron chi connectivity index (χ3n) is 4.80. The second kappa shape index (κ2) is 8.06. The summed E-state index contributed by atoms with van der Waals surface area (Å²) in [5.41, 5.74) is 3.29. The van der Waals surface area contributed by atoms with Crippen molar-refractivity contribution in [2.24, 2.45) is 0 Å². The summed E-state index contributed by atoms with van der Waals surface area (Å²) >= 11 is 1.53. The van der Waals surface area contributed by atoms with Gasteiger partial charge in [-0.15, -0.1) is 11.3 Å². The van der Waals surface area contributed by atoms with Gasteiger partial charge in [-0.1, -0.05) is 52.0 Å². The molecule has 5 heteroatoms. The minimum absolute atomic E-state index is 0.00539. The van der Waals surface area contributed by atoms with Gasteiger partial charge >= 0.3 is 0 Å². The maximum atomic E-state index is 13.3. The van der Waals surface area contributed by atoms with Crippen LogP contribution in [0.15, 0.2) is 34.4 Å². The molecule has 0 saturated carbocycles. The van der Waals surface area contributed by atoms with Gasteiger partial charge < -0.3 is 0 Å². The van der Waals surface area contributed by atoms with Gasteiger partial charge in [0.15, 0.2) is 0 Å². The van der Waals surface area contributed by atoms with Crippen molar-refractivity contribution in [2.45, 2.75) is 58.9 Å².